The Kier molecular flexibility index (Phi) is 3.69. The lowest BCUT2D eigenvalue weighted by molar-refractivity contribution is -0.140. The Morgan fingerprint density at radius 3 is 3.04 bits per heavy atom. The molecule has 1 N–H and O–H groups in total. The molecule has 2 aromatic rings. The van der Waals surface area contributed by atoms with Crippen molar-refractivity contribution in [1.29, 1.82) is 0 Å². The van der Waals surface area contributed by atoms with Crippen LogP contribution < -0.4 is 0 Å². The number of aromatic nitrogens is 3. The van der Waals surface area contributed by atoms with Gasteiger partial charge in [0.1, 0.15) is 5.60 Å². The largest absolute Gasteiger partial charge is 0.368 e. The molecule has 1 saturated heterocycles. The molecular weight excluding hydrogens is 312 g/mol. The summed E-state index contributed by atoms with van der Waals surface area (Å²) in [6.45, 7) is 4.14. The first-order chi connectivity index (χ1) is 11.2. The number of H-pyrrole nitrogens is 1. The number of hydrogen-bond donors (Lipinski definition) is 1. The van der Waals surface area contributed by atoms with Crippen LogP contribution in [0.15, 0.2) is 11.6 Å². The highest BCUT2D eigenvalue weighted by molar-refractivity contribution is 7.09. The summed E-state index contributed by atoms with van der Waals surface area (Å²) in [7, 11) is 0. The number of carbonyl (C=O) groups excluding carboxylic acids is 1. The summed E-state index contributed by atoms with van der Waals surface area (Å²) in [6.07, 6.45) is 4.86. The van der Waals surface area contributed by atoms with Gasteiger partial charge >= 0.3 is 0 Å². The smallest absolute Gasteiger partial charge is 0.228 e. The second-order valence-corrected chi connectivity index (χ2v) is 7.34. The number of thiazole rings is 1. The fourth-order valence-corrected chi connectivity index (χ4v) is 4.20. The maximum Gasteiger partial charge on any atom is 0.228 e. The SMILES string of the molecule is Cc1nc(CC(=O)N2CCC3(CC2)OCCc2cn[nH]c23)cs1. The first kappa shape index (κ1) is 14.8. The minimum atomic E-state index is -0.280. The van der Waals surface area contributed by atoms with E-state index in [0.717, 1.165) is 55.4 Å². The van der Waals surface area contributed by atoms with Gasteiger partial charge in [-0.3, -0.25) is 9.89 Å². The number of carbonyl (C=O) groups is 1. The van der Waals surface area contributed by atoms with Crippen LogP contribution in [0.3, 0.4) is 0 Å². The number of piperidine rings is 1. The van der Waals surface area contributed by atoms with E-state index in [2.05, 4.69) is 15.2 Å². The fourth-order valence-electron chi connectivity index (χ4n) is 3.59. The number of likely N-dealkylation sites (tertiary alicyclic amines) is 1. The molecule has 0 bridgehead atoms. The normalized spacial score (nSPS) is 19.8. The number of amides is 1. The van der Waals surface area contributed by atoms with Gasteiger partial charge in [0.25, 0.3) is 0 Å². The van der Waals surface area contributed by atoms with E-state index in [9.17, 15) is 4.79 Å². The molecule has 1 fully saturated rings. The molecule has 0 radical (unpaired) electrons. The van der Waals surface area contributed by atoms with Crippen molar-refractivity contribution in [1.82, 2.24) is 20.1 Å². The first-order valence-electron chi connectivity index (χ1n) is 8.02. The molecular formula is C16H20N4O2S. The topological polar surface area (TPSA) is 71.1 Å². The van der Waals surface area contributed by atoms with Crippen molar-refractivity contribution in [2.24, 2.45) is 0 Å². The Labute approximate surface area is 138 Å². The maximum absolute atomic E-state index is 12.5. The van der Waals surface area contributed by atoms with E-state index < -0.39 is 0 Å². The van der Waals surface area contributed by atoms with Gasteiger partial charge in [-0.1, -0.05) is 0 Å². The molecule has 0 aromatic carbocycles. The average molecular weight is 332 g/mol. The highest BCUT2D eigenvalue weighted by Gasteiger charge is 2.43. The van der Waals surface area contributed by atoms with Crippen LogP contribution in [0.5, 0.6) is 0 Å². The molecule has 4 rings (SSSR count). The van der Waals surface area contributed by atoms with Gasteiger partial charge in [0, 0.05) is 18.5 Å². The third-order valence-corrected chi connectivity index (χ3v) is 5.67. The Morgan fingerprint density at radius 2 is 2.30 bits per heavy atom. The molecule has 2 aliphatic heterocycles. The van der Waals surface area contributed by atoms with Gasteiger partial charge in [-0.25, -0.2) is 4.98 Å². The zero-order valence-corrected chi connectivity index (χ0v) is 14.0. The van der Waals surface area contributed by atoms with E-state index in [1.54, 1.807) is 11.3 Å². The third-order valence-electron chi connectivity index (χ3n) is 4.85. The number of aromatic amines is 1. The highest BCUT2D eigenvalue weighted by atomic mass is 32.1. The molecule has 122 valence electrons. The predicted octanol–water partition coefficient (Wildman–Crippen LogP) is 1.81. The van der Waals surface area contributed by atoms with Crippen molar-refractivity contribution in [3.05, 3.63) is 33.5 Å². The van der Waals surface area contributed by atoms with Crippen molar-refractivity contribution in [3.63, 3.8) is 0 Å². The Bertz CT molecular complexity index is 715. The summed E-state index contributed by atoms with van der Waals surface area (Å²) >= 11 is 1.59. The van der Waals surface area contributed by atoms with Crippen LogP contribution in [0, 0.1) is 6.92 Å². The number of aryl methyl sites for hydroxylation is 1. The molecule has 0 aliphatic carbocycles. The molecule has 0 atom stereocenters. The fraction of sp³-hybridized carbons (Fsp3) is 0.562. The number of fused-ring (bicyclic) bond motifs is 2. The first-order valence-corrected chi connectivity index (χ1v) is 8.90. The van der Waals surface area contributed by atoms with Gasteiger partial charge in [-0.05, 0) is 31.7 Å². The van der Waals surface area contributed by atoms with E-state index in [1.807, 2.05) is 23.4 Å². The molecule has 2 aromatic heterocycles. The summed E-state index contributed by atoms with van der Waals surface area (Å²) < 4.78 is 6.12. The molecule has 4 heterocycles. The lowest BCUT2D eigenvalue weighted by Gasteiger charge is -2.43. The zero-order chi connectivity index (χ0) is 15.9. The minimum Gasteiger partial charge on any atom is -0.368 e. The highest BCUT2D eigenvalue weighted by Crippen LogP contribution is 2.40. The van der Waals surface area contributed by atoms with Crippen molar-refractivity contribution < 1.29 is 9.53 Å². The van der Waals surface area contributed by atoms with Crippen molar-refractivity contribution in [2.45, 2.75) is 38.2 Å². The van der Waals surface area contributed by atoms with Gasteiger partial charge in [0.15, 0.2) is 0 Å². The average Bonchev–Trinajstić information content (AvgIpc) is 3.18. The summed E-state index contributed by atoms with van der Waals surface area (Å²) in [5.41, 5.74) is 2.97. The second-order valence-electron chi connectivity index (χ2n) is 6.28. The van der Waals surface area contributed by atoms with E-state index in [1.165, 1.54) is 5.56 Å². The summed E-state index contributed by atoms with van der Waals surface area (Å²) in [6, 6.07) is 0. The van der Waals surface area contributed by atoms with Crippen molar-refractivity contribution in [3.8, 4) is 0 Å². The van der Waals surface area contributed by atoms with E-state index in [0.29, 0.717) is 6.42 Å². The molecule has 7 heteroatoms. The standard InChI is InChI=1S/C16H20N4O2S/c1-11-18-13(10-23-11)8-14(21)20-5-3-16(4-6-20)15-12(2-7-22-16)9-17-19-15/h9-10H,2-8H2,1H3,(H,17,19). The Balaban J connectivity index is 1.43. The van der Waals surface area contributed by atoms with Crippen LogP contribution in [0.4, 0.5) is 0 Å². The maximum atomic E-state index is 12.5. The van der Waals surface area contributed by atoms with E-state index in [-0.39, 0.29) is 11.5 Å². The van der Waals surface area contributed by atoms with Crippen LogP contribution in [0.25, 0.3) is 0 Å². The predicted molar refractivity (Wildman–Crippen MR) is 86.3 cm³/mol. The van der Waals surface area contributed by atoms with Crippen LogP contribution in [0.2, 0.25) is 0 Å². The molecule has 6 nitrogen and oxygen atoms in total. The summed E-state index contributed by atoms with van der Waals surface area (Å²) in [5.74, 6) is 0.158. The van der Waals surface area contributed by atoms with Gasteiger partial charge in [-0.15, -0.1) is 11.3 Å². The Hall–Kier alpha value is -1.73. The van der Waals surface area contributed by atoms with Crippen LogP contribution >= 0.6 is 11.3 Å². The van der Waals surface area contributed by atoms with Gasteiger partial charge in [0.05, 0.1) is 35.6 Å². The minimum absolute atomic E-state index is 0.158. The lowest BCUT2D eigenvalue weighted by atomic mass is 9.83. The van der Waals surface area contributed by atoms with Gasteiger partial charge < -0.3 is 9.64 Å². The lowest BCUT2D eigenvalue weighted by Crippen LogP contribution is -2.48. The van der Waals surface area contributed by atoms with Crippen LogP contribution in [-0.2, 0) is 28.0 Å². The second kappa shape index (κ2) is 5.72. The molecule has 1 amide bonds. The zero-order valence-electron chi connectivity index (χ0n) is 13.2. The van der Waals surface area contributed by atoms with E-state index in [4.69, 9.17) is 4.74 Å². The molecule has 2 aliphatic rings. The number of nitrogens with zero attached hydrogens (tertiary/aromatic N) is 3. The molecule has 23 heavy (non-hydrogen) atoms. The van der Waals surface area contributed by atoms with Crippen LogP contribution in [0.1, 0.15) is 34.8 Å². The Morgan fingerprint density at radius 1 is 1.48 bits per heavy atom. The summed E-state index contributed by atoms with van der Waals surface area (Å²) in [5, 5.41) is 10.3. The van der Waals surface area contributed by atoms with Gasteiger partial charge in [-0.2, -0.15) is 5.10 Å². The monoisotopic (exact) mass is 332 g/mol. The molecule has 0 unspecified atom stereocenters. The molecule has 0 saturated carbocycles. The number of hydrogen-bond acceptors (Lipinski definition) is 5. The quantitative estimate of drug-likeness (QED) is 0.910. The van der Waals surface area contributed by atoms with Gasteiger partial charge in [0.2, 0.25) is 5.91 Å². The van der Waals surface area contributed by atoms with Crippen LogP contribution in [-0.4, -0.2) is 45.7 Å². The number of rotatable bonds is 2. The number of nitrogens with one attached hydrogen (secondary N) is 1. The molecule has 1 spiro atoms. The summed E-state index contributed by atoms with van der Waals surface area (Å²) in [4.78, 5) is 18.8. The van der Waals surface area contributed by atoms with E-state index >= 15 is 0 Å². The third kappa shape index (κ3) is 2.68. The van der Waals surface area contributed by atoms with Crippen molar-refractivity contribution in [2.75, 3.05) is 19.7 Å². The van der Waals surface area contributed by atoms with Crippen molar-refractivity contribution >= 4 is 17.2 Å². The number of ether oxygens (including phenoxy) is 1.